The van der Waals surface area contributed by atoms with Gasteiger partial charge in [0.15, 0.2) is 0 Å². The number of nitrogens with zero attached hydrogens (tertiary/aromatic N) is 1. The molecule has 0 heterocycles. The fraction of sp³-hybridized carbons (Fsp3) is 0.182. The average Bonchev–Trinajstić information content (AvgIpc) is 2.32. The molecule has 0 bridgehead atoms. The molecule has 0 aliphatic heterocycles. The van der Waals surface area contributed by atoms with Crippen molar-refractivity contribution in [3.05, 3.63) is 33.1 Å². The van der Waals surface area contributed by atoms with Crippen LogP contribution in [0.1, 0.15) is 6.42 Å². The van der Waals surface area contributed by atoms with Crippen LogP contribution in [0.25, 0.3) is 0 Å². The fourth-order valence-electron chi connectivity index (χ4n) is 1.31. The number of nitro benzene ring substituents is 1. The minimum atomic E-state index is -1.30. The number of carboxylic acid groups (broad SMARTS) is 1. The molecule has 8 heteroatoms. The fourth-order valence-corrected chi connectivity index (χ4v) is 1.47. The molecule has 2 N–H and O–H groups in total. The molecule has 0 aliphatic rings. The van der Waals surface area contributed by atoms with E-state index in [1.54, 1.807) is 0 Å². The van der Waals surface area contributed by atoms with Crippen molar-refractivity contribution in [3.8, 4) is 12.3 Å². The maximum Gasteiger partial charge on any atom is 0.327 e. The predicted octanol–water partition coefficient (Wildman–Crippen LogP) is 2.28. The molecule has 1 atom stereocenters. The van der Waals surface area contributed by atoms with E-state index < -0.39 is 33.5 Å². The van der Waals surface area contributed by atoms with Crippen LogP contribution >= 0.6 is 11.6 Å². The zero-order valence-corrected chi connectivity index (χ0v) is 10.1. The van der Waals surface area contributed by atoms with Crippen molar-refractivity contribution in [1.29, 1.82) is 0 Å². The first kappa shape index (κ1) is 14.7. The van der Waals surface area contributed by atoms with E-state index in [-0.39, 0.29) is 12.1 Å². The molecule has 100 valence electrons. The van der Waals surface area contributed by atoms with Gasteiger partial charge in [0.2, 0.25) is 0 Å². The van der Waals surface area contributed by atoms with E-state index in [1.807, 2.05) is 0 Å². The highest BCUT2D eigenvalue weighted by molar-refractivity contribution is 6.31. The Hall–Kier alpha value is -2.33. The molecule has 0 spiro atoms. The highest BCUT2D eigenvalue weighted by atomic mass is 35.5. The van der Waals surface area contributed by atoms with Crippen LogP contribution in [0.15, 0.2) is 12.1 Å². The molecule has 0 saturated heterocycles. The Morgan fingerprint density at radius 3 is 2.79 bits per heavy atom. The van der Waals surface area contributed by atoms with Crippen molar-refractivity contribution in [2.24, 2.45) is 0 Å². The summed E-state index contributed by atoms with van der Waals surface area (Å²) < 4.78 is 13.3. The molecule has 0 aromatic heterocycles. The van der Waals surface area contributed by atoms with E-state index in [1.165, 1.54) is 0 Å². The normalized spacial score (nSPS) is 11.4. The highest BCUT2D eigenvalue weighted by Gasteiger charge is 2.23. The topological polar surface area (TPSA) is 92.5 Å². The van der Waals surface area contributed by atoms with Gasteiger partial charge < -0.3 is 10.4 Å². The van der Waals surface area contributed by atoms with Gasteiger partial charge in [-0.25, -0.2) is 9.18 Å². The van der Waals surface area contributed by atoms with Gasteiger partial charge in [-0.2, -0.15) is 0 Å². The first-order chi connectivity index (χ1) is 8.86. The molecule has 1 aromatic rings. The number of anilines is 1. The van der Waals surface area contributed by atoms with E-state index in [2.05, 4.69) is 11.2 Å². The van der Waals surface area contributed by atoms with Crippen molar-refractivity contribution in [2.45, 2.75) is 12.5 Å². The molecule has 0 fully saturated rings. The van der Waals surface area contributed by atoms with Gasteiger partial charge in [-0.1, -0.05) is 11.6 Å². The molecule has 0 saturated carbocycles. The number of nitrogens with one attached hydrogen (secondary N) is 1. The van der Waals surface area contributed by atoms with Crippen molar-refractivity contribution in [2.75, 3.05) is 5.32 Å². The van der Waals surface area contributed by atoms with Crippen molar-refractivity contribution in [3.63, 3.8) is 0 Å². The molecular formula is C11H8ClFN2O4. The quantitative estimate of drug-likeness (QED) is 0.492. The molecular weight excluding hydrogens is 279 g/mol. The predicted molar refractivity (Wildman–Crippen MR) is 66.6 cm³/mol. The largest absolute Gasteiger partial charge is 0.480 e. The number of hydrogen-bond donors (Lipinski definition) is 2. The summed E-state index contributed by atoms with van der Waals surface area (Å²) in [5, 5.41) is 21.5. The molecule has 19 heavy (non-hydrogen) atoms. The van der Waals surface area contributed by atoms with Gasteiger partial charge in [-0.3, -0.25) is 10.1 Å². The smallest absolute Gasteiger partial charge is 0.327 e. The molecule has 6 nitrogen and oxygen atoms in total. The van der Waals surface area contributed by atoms with E-state index in [9.17, 15) is 19.3 Å². The number of halogens is 2. The summed E-state index contributed by atoms with van der Waals surface area (Å²) in [7, 11) is 0. The Morgan fingerprint density at radius 2 is 2.32 bits per heavy atom. The second-order valence-electron chi connectivity index (χ2n) is 3.48. The number of rotatable bonds is 5. The molecule has 1 rings (SSSR count). The minimum absolute atomic E-state index is 0.212. The number of terminal acetylenes is 1. The maximum absolute atomic E-state index is 13.3. The van der Waals surface area contributed by atoms with Gasteiger partial charge in [0.05, 0.1) is 9.95 Å². The van der Waals surface area contributed by atoms with Crippen LogP contribution in [0.3, 0.4) is 0 Å². The van der Waals surface area contributed by atoms with Crippen LogP contribution in [0, 0.1) is 28.3 Å². The van der Waals surface area contributed by atoms with Crippen LogP contribution in [-0.4, -0.2) is 22.0 Å². The van der Waals surface area contributed by atoms with Gasteiger partial charge in [0.25, 0.3) is 5.69 Å². The summed E-state index contributed by atoms with van der Waals surface area (Å²) in [6.07, 6.45) is 4.78. The lowest BCUT2D eigenvalue weighted by molar-refractivity contribution is -0.384. The number of benzene rings is 1. The van der Waals surface area contributed by atoms with Gasteiger partial charge in [-0.15, -0.1) is 12.3 Å². The van der Waals surface area contributed by atoms with E-state index in [0.29, 0.717) is 0 Å². The monoisotopic (exact) mass is 286 g/mol. The third-order valence-corrected chi connectivity index (χ3v) is 2.47. The minimum Gasteiger partial charge on any atom is -0.480 e. The Kier molecular flexibility index (Phi) is 4.67. The van der Waals surface area contributed by atoms with Gasteiger partial charge in [-0.05, 0) is 0 Å². The Balaban J connectivity index is 3.18. The molecule has 0 radical (unpaired) electrons. The van der Waals surface area contributed by atoms with E-state index in [4.69, 9.17) is 23.1 Å². The number of carboxylic acids is 1. The molecule has 0 amide bonds. The number of carbonyl (C=O) groups is 1. The standard InChI is InChI=1S/C11H8ClFN2O4/c1-2-3-8(11(16)17)14-9-5-7(13)6(12)4-10(9)15(18)19/h1,4-5,8,14H,3H2,(H,16,17). The first-order valence-corrected chi connectivity index (χ1v) is 5.30. The summed E-state index contributed by atoms with van der Waals surface area (Å²) in [6, 6.07) is 0.297. The van der Waals surface area contributed by atoms with E-state index >= 15 is 0 Å². The lowest BCUT2D eigenvalue weighted by Crippen LogP contribution is -2.29. The van der Waals surface area contributed by atoms with Gasteiger partial charge in [0, 0.05) is 18.6 Å². The molecule has 0 aliphatic carbocycles. The summed E-state index contributed by atoms with van der Waals surface area (Å²) in [6.45, 7) is 0. The van der Waals surface area contributed by atoms with Crippen LogP contribution in [-0.2, 0) is 4.79 Å². The second-order valence-corrected chi connectivity index (χ2v) is 3.89. The lowest BCUT2D eigenvalue weighted by Gasteiger charge is -2.13. The summed E-state index contributed by atoms with van der Waals surface area (Å²) >= 11 is 5.43. The second kappa shape index (κ2) is 6.02. The third kappa shape index (κ3) is 3.56. The number of aliphatic carboxylic acids is 1. The van der Waals surface area contributed by atoms with Crippen molar-refractivity contribution in [1.82, 2.24) is 0 Å². The first-order valence-electron chi connectivity index (χ1n) is 4.93. The van der Waals surface area contributed by atoms with Crippen LogP contribution in [0.4, 0.5) is 15.8 Å². The van der Waals surface area contributed by atoms with Gasteiger partial charge in [0.1, 0.15) is 17.5 Å². The van der Waals surface area contributed by atoms with Crippen LogP contribution < -0.4 is 5.32 Å². The maximum atomic E-state index is 13.3. The van der Waals surface area contributed by atoms with Crippen molar-refractivity contribution < 1.29 is 19.2 Å². The number of nitro groups is 1. The van der Waals surface area contributed by atoms with Crippen LogP contribution in [0.5, 0.6) is 0 Å². The molecule has 1 unspecified atom stereocenters. The average molecular weight is 287 g/mol. The number of hydrogen-bond acceptors (Lipinski definition) is 4. The third-order valence-electron chi connectivity index (χ3n) is 2.19. The Bertz CT molecular complexity index is 571. The van der Waals surface area contributed by atoms with Crippen LogP contribution in [0.2, 0.25) is 5.02 Å². The van der Waals surface area contributed by atoms with Gasteiger partial charge >= 0.3 is 5.97 Å². The lowest BCUT2D eigenvalue weighted by atomic mass is 10.2. The highest BCUT2D eigenvalue weighted by Crippen LogP contribution is 2.31. The Morgan fingerprint density at radius 1 is 1.68 bits per heavy atom. The zero-order valence-electron chi connectivity index (χ0n) is 9.39. The summed E-state index contributed by atoms with van der Waals surface area (Å²) in [5.74, 6) is -0.0952. The van der Waals surface area contributed by atoms with E-state index in [0.717, 1.165) is 12.1 Å². The molecule has 1 aromatic carbocycles. The summed E-state index contributed by atoms with van der Waals surface area (Å²) in [4.78, 5) is 20.9. The summed E-state index contributed by atoms with van der Waals surface area (Å²) in [5.41, 5.74) is -0.829. The van der Waals surface area contributed by atoms with Crippen molar-refractivity contribution >= 4 is 28.9 Å². The zero-order chi connectivity index (χ0) is 14.6. The Labute approximate surface area is 112 Å². The SMILES string of the molecule is C#CCC(Nc1cc(F)c(Cl)cc1[N+](=O)[O-])C(=O)O.